The summed E-state index contributed by atoms with van der Waals surface area (Å²) in [6.45, 7) is 2.33. The van der Waals surface area contributed by atoms with Crippen LogP contribution < -0.4 is 4.90 Å². The van der Waals surface area contributed by atoms with Gasteiger partial charge in [0.05, 0.1) is 18.6 Å². The first kappa shape index (κ1) is 12.6. The lowest BCUT2D eigenvalue weighted by atomic mass is 9.77. The number of ether oxygens (including phenoxy) is 1. The van der Waals surface area contributed by atoms with Gasteiger partial charge in [0, 0.05) is 5.69 Å². The molecule has 5 nitrogen and oxygen atoms in total. The van der Waals surface area contributed by atoms with E-state index in [1.807, 2.05) is 37.3 Å². The van der Waals surface area contributed by atoms with Crippen LogP contribution in [0.1, 0.15) is 5.56 Å². The average Bonchev–Trinajstić information content (AvgIpc) is 3.08. The molecule has 0 radical (unpaired) electrons. The summed E-state index contributed by atoms with van der Waals surface area (Å²) >= 11 is 0. The molecule has 1 N–H and O–H groups in total. The van der Waals surface area contributed by atoms with Crippen LogP contribution in [-0.2, 0) is 14.3 Å². The normalized spacial score (nSPS) is 36.3. The predicted octanol–water partition coefficient (Wildman–Crippen LogP) is 1.37. The molecule has 4 rings (SSSR count). The Morgan fingerprint density at radius 2 is 2.19 bits per heavy atom. The number of anilines is 1. The lowest BCUT2D eigenvalue weighted by molar-refractivity contribution is -0.146. The highest BCUT2D eigenvalue weighted by Crippen LogP contribution is 2.52. The Morgan fingerprint density at radius 3 is 2.90 bits per heavy atom. The quantitative estimate of drug-likeness (QED) is 0.833. The molecule has 5 heteroatoms. The van der Waals surface area contributed by atoms with Crippen LogP contribution in [0, 0.1) is 18.8 Å². The molecule has 1 amide bonds. The fourth-order valence-electron chi connectivity index (χ4n) is 3.85. The minimum atomic E-state index is -0.962. The molecular formula is C16H15NO4. The molecule has 1 spiro atoms. The molecule has 3 aliphatic rings. The van der Waals surface area contributed by atoms with Crippen LogP contribution in [0.15, 0.2) is 36.4 Å². The van der Waals surface area contributed by atoms with Crippen molar-refractivity contribution in [2.24, 2.45) is 11.8 Å². The first-order chi connectivity index (χ1) is 10.0. The van der Waals surface area contributed by atoms with E-state index in [2.05, 4.69) is 0 Å². The van der Waals surface area contributed by atoms with E-state index < -0.39 is 29.5 Å². The van der Waals surface area contributed by atoms with Crippen LogP contribution in [-0.4, -0.2) is 35.2 Å². The maximum Gasteiger partial charge on any atom is 0.310 e. The second kappa shape index (κ2) is 3.95. The average molecular weight is 285 g/mol. The Bertz CT molecular complexity index is 683. The number of carboxylic acid groups (broad SMARTS) is 1. The number of carboxylic acids is 1. The van der Waals surface area contributed by atoms with E-state index in [1.54, 1.807) is 11.0 Å². The second-order valence-corrected chi connectivity index (χ2v) is 5.95. The number of benzene rings is 1. The topological polar surface area (TPSA) is 66.8 Å². The molecule has 3 heterocycles. The molecule has 21 heavy (non-hydrogen) atoms. The van der Waals surface area contributed by atoms with E-state index in [-0.39, 0.29) is 5.91 Å². The lowest BCUT2D eigenvalue weighted by Gasteiger charge is -2.22. The Hall–Kier alpha value is -2.14. The van der Waals surface area contributed by atoms with Gasteiger partial charge < -0.3 is 14.7 Å². The summed E-state index contributed by atoms with van der Waals surface area (Å²) in [5, 5.41) is 9.42. The fourth-order valence-corrected chi connectivity index (χ4v) is 3.85. The van der Waals surface area contributed by atoms with Crippen LogP contribution in [0.25, 0.3) is 0 Å². The third-order valence-electron chi connectivity index (χ3n) is 4.79. The summed E-state index contributed by atoms with van der Waals surface area (Å²) in [5.74, 6) is -2.51. The number of amides is 1. The Morgan fingerprint density at radius 1 is 1.43 bits per heavy atom. The molecule has 0 saturated carbocycles. The van der Waals surface area contributed by atoms with Crippen molar-refractivity contribution in [1.29, 1.82) is 0 Å². The molecule has 0 aliphatic carbocycles. The number of hydrogen-bond donors (Lipinski definition) is 1. The Labute approximate surface area is 121 Å². The number of aliphatic carboxylic acids is 1. The number of nitrogens with zero attached hydrogens (tertiary/aromatic N) is 1. The van der Waals surface area contributed by atoms with Gasteiger partial charge in [0.2, 0.25) is 5.91 Å². The largest absolute Gasteiger partial charge is 0.481 e. The first-order valence-electron chi connectivity index (χ1n) is 7.00. The minimum Gasteiger partial charge on any atom is -0.481 e. The van der Waals surface area contributed by atoms with Crippen molar-refractivity contribution < 1.29 is 19.4 Å². The summed E-state index contributed by atoms with van der Waals surface area (Å²) in [4.78, 5) is 26.0. The summed E-state index contributed by atoms with van der Waals surface area (Å²) in [5.41, 5.74) is 1.05. The van der Waals surface area contributed by atoms with Gasteiger partial charge in [-0.25, -0.2) is 0 Å². The smallest absolute Gasteiger partial charge is 0.310 e. The molecule has 1 aromatic rings. The van der Waals surface area contributed by atoms with Crippen molar-refractivity contribution in [3.63, 3.8) is 0 Å². The van der Waals surface area contributed by atoms with E-state index in [0.29, 0.717) is 6.54 Å². The third kappa shape index (κ3) is 1.49. The van der Waals surface area contributed by atoms with Crippen LogP contribution in [0.2, 0.25) is 0 Å². The van der Waals surface area contributed by atoms with Crippen molar-refractivity contribution in [1.82, 2.24) is 0 Å². The van der Waals surface area contributed by atoms with E-state index >= 15 is 0 Å². The Kier molecular flexibility index (Phi) is 2.37. The highest BCUT2D eigenvalue weighted by molar-refractivity contribution is 6.02. The van der Waals surface area contributed by atoms with Crippen molar-refractivity contribution in [2.45, 2.75) is 18.6 Å². The van der Waals surface area contributed by atoms with E-state index in [0.717, 1.165) is 11.3 Å². The first-order valence-corrected chi connectivity index (χ1v) is 7.00. The van der Waals surface area contributed by atoms with Gasteiger partial charge in [-0.3, -0.25) is 9.59 Å². The lowest BCUT2D eigenvalue weighted by Crippen LogP contribution is -2.39. The Balaban J connectivity index is 1.78. The summed E-state index contributed by atoms with van der Waals surface area (Å²) < 4.78 is 5.87. The highest BCUT2D eigenvalue weighted by atomic mass is 16.5. The van der Waals surface area contributed by atoms with E-state index in [9.17, 15) is 14.7 Å². The predicted molar refractivity (Wildman–Crippen MR) is 74.9 cm³/mol. The highest BCUT2D eigenvalue weighted by Gasteiger charge is 2.67. The molecule has 2 fully saturated rings. The van der Waals surface area contributed by atoms with Gasteiger partial charge in [-0.2, -0.15) is 0 Å². The zero-order valence-electron chi connectivity index (χ0n) is 11.5. The van der Waals surface area contributed by atoms with E-state index in [1.165, 1.54) is 0 Å². The molecule has 2 saturated heterocycles. The van der Waals surface area contributed by atoms with Gasteiger partial charge in [0.25, 0.3) is 0 Å². The zero-order valence-corrected chi connectivity index (χ0v) is 11.5. The number of para-hydroxylation sites is 1. The van der Waals surface area contributed by atoms with Crippen molar-refractivity contribution in [3.8, 4) is 0 Å². The van der Waals surface area contributed by atoms with Gasteiger partial charge in [0.1, 0.15) is 11.5 Å². The third-order valence-corrected chi connectivity index (χ3v) is 4.79. The number of fused-ring (bicyclic) bond motifs is 1. The maximum atomic E-state index is 12.8. The minimum absolute atomic E-state index is 0.149. The summed E-state index contributed by atoms with van der Waals surface area (Å²) in [6.07, 6.45) is 3.18. The van der Waals surface area contributed by atoms with Crippen LogP contribution in [0.5, 0.6) is 0 Å². The molecule has 1 aromatic carbocycles. The van der Waals surface area contributed by atoms with Gasteiger partial charge in [-0.15, -0.1) is 0 Å². The molecule has 3 aliphatic heterocycles. The van der Waals surface area contributed by atoms with Gasteiger partial charge in [0.15, 0.2) is 0 Å². The summed E-state index contributed by atoms with van der Waals surface area (Å²) in [6, 6.07) is 7.62. The molecule has 0 unspecified atom stereocenters. The fraction of sp³-hybridized carbons (Fsp3) is 0.375. The van der Waals surface area contributed by atoms with Crippen LogP contribution in [0.4, 0.5) is 5.69 Å². The zero-order chi connectivity index (χ0) is 14.8. The van der Waals surface area contributed by atoms with Crippen molar-refractivity contribution in [3.05, 3.63) is 42.0 Å². The van der Waals surface area contributed by atoms with Crippen molar-refractivity contribution in [2.75, 3.05) is 11.4 Å². The monoisotopic (exact) mass is 285 g/mol. The SMILES string of the molecule is Cc1ccccc1N1C[C@]23C=C[C@H](O2)[C@H](C(=O)O)[C@H]3C1=O. The van der Waals surface area contributed by atoms with Crippen LogP contribution in [0.3, 0.4) is 0 Å². The van der Waals surface area contributed by atoms with Gasteiger partial charge in [-0.05, 0) is 18.6 Å². The summed E-state index contributed by atoms with van der Waals surface area (Å²) in [7, 11) is 0. The number of aryl methyl sites for hydroxylation is 1. The number of hydrogen-bond acceptors (Lipinski definition) is 3. The number of carbonyl (C=O) groups is 2. The molecule has 108 valence electrons. The van der Waals surface area contributed by atoms with Crippen LogP contribution >= 0.6 is 0 Å². The van der Waals surface area contributed by atoms with E-state index in [4.69, 9.17) is 4.74 Å². The number of rotatable bonds is 2. The van der Waals surface area contributed by atoms with Gasteiger partial charge >= 0.3 is 5.97 Å². The standard InChI is InChI=1S/C16H15NO4/c1-9-4-2-3-5-10(9)17-8-16-7-6-11(21-16)12(15(19)20)13(16)14(17)18/h2-7,11-13H,8H2,1H3,(H,19,20)/t11-,12-,13-,16-/m0/s1. The molecule has 2 bridgehead atoms. The van der Waals surface area contributed by atoms with Gasteiger partial charge in [-0.1, -0.05) is 30.4 Å². The molecule has 4 atom stereocenters. The number of carbonyl (C=O) groups excluding carboxylic acids is 1. The maximum absolute atomic E-state index is 12.8. The molecular weight excluding hydrogens is 270 g/mol. The second-order valence-electron chi connectivity index (χ2n) is 5.95. The molecule has 0 aromatic heterocycles. The van der Waals surface area contributed by atoms with Crippen molar-refractivity contribution >= 4 is 17.6 Å².